The molecule has 8 nitrogen and oxygen atoms in total. The molecule has 0 unspecified atom stereocenters. The number of nitrogens with one attached hydrogen (secondary N) is 2. The zero-order valence-corrected chi connectivity index (χ0v) is 19.5. The molecule has 0 aliphatic heterocycles. The fraction of sp³-hybridized carbons (Fsp3) is 0.789. The molecule has 0 radical (unpaired) electrons. The highest BCUT2D eigenvalue weighted by atomic mass is 16.2. The Morgan fingerprint density at radius 3 is 1.83 bits per heavy atom. The van der Waals surface area contributed by atoms with Crippen LogP contribution in [0.5, 0.6) is 0 Å². The molecule has 10 heteroatoms. The van der Waals surface area contributed by atoms with Crippen LogP contribution < -0.4 is 10.6 Å². The molecule has 0 aliphatic rings. The summed E-state index contributed by atoms with van der Waals surface area (Å²) >= 11 is 0. The summed E-state index contributed by atoms with van der Waals surface area (Å²) in [4.78, 5) is 52.1. The smallest absolute Gasteiger partial charge is 0.239 e. The molecule has 0 aliphatic carbocycles. The minimum Gasteiger partial charge on any atom is -0.353 e. The molecule has 0 saturated carbocycles. The van der Waals surface area contributed by atoms with E-state index in [1.807, 2.05) is 20.8 Å². The van der Waals surface area contributed by atoms with E-state index in [1.54, 1.807) is 41.5 Å². The van der Waals surface area contributed by atoms with Gasteiger partial charge in [0, 0.05) is 19.6 Å². The van der Waals surface area contributed by atoms with E-state index in [0.29, 0.717) is 12.9 Å². The van der Waals surface area contributed by atoms with E-state index in [0.717, 1.165) is 0 Å². The number of hydrogen-bond donors (Lipinski definition) is 2. The Hall–Kier alpha value is -1.83. The summed E-state index contributed by atoms with van der Waals surface area (Å²) in [5.74, 6) is -0.590. The number of carbonyl (C=O) groups excluding carboxylic acids is 4. The average molecular weight is 408 g/mol. The first-order valence-electron chi connectivity index (χ1n) is 10.3. The van der Waals surface area contributed by atoms with Crippen molar-refractivity contribution in [1.82, 2.24) is 20.4 Å². The zero-order valence-electron chi connectivity index (χ0n) is 19.5. The van der Waals surface area contributed by atoms with Crippen molar-refractivity contribution in [3.8, 4) is 0 Å². The van der Waals surface area contributed by atoms with Gasteiger partial charge in [0.1, 0.15) is 15.7 Å². The monoisotopic (exact) mass is 408 g/mol. The molecule has 0 aromatic heterocycles. The van der Waals surface area contributed by atoms with Gasteiger partial charge in [0.2, 0.25) is 17.7 Å². The maximum atomic E-state index is 12.4. The first-order valence-corrected chi connectivity index (χ1v) is 10.3. The minimum absolute atomic E-state index is 0.0130. The first kappa shape index (κ1) is 27.2. The molecule has 29 heavy (non-hydrogen) atoms. The van der Waals surface area contributed by atoms with E-state index in [9.17, 15) is 19.2 Å². The highest BCUT2D eigenvalue weighted by molar-refractivity contribution is 6.20. The van der Waals surface area contributed by atoms with Crippen molar-refractivity contribution in [1.29, 1.82) is 0 Å². The van der Waals surface area contributed by atoms with E-state index in [2.05, 4.69) is 10.6 Å². The van der Waals surface area contributed by atoms with E-state index >= 15 is 0 Å². The van der Waals surface area contributed by atoms with Gasteiger partial charge in [0.25, 0.3) is 0 Å². The van der Waals surface area contributed by atoms with Crippen molar-refractivity contribution >= 4 is 39.2 Å². The van der Waals surface area contributed by atoms with Crippen LogP contribution in [-0.4, -0.2) is 94.3 Å². The Bertz CT molecular complexity index is 591. The maximum Gasteiger partial charge on any atom is 0.239 e. The quantitative estimate of drug-likeness (QED) is 0.382. The maximum absolute atomic E-state index is 12.4. The van der Waals surface area contributed by atoms with E-state index in [1.165, 1.54) is 4.90 Å². The molecule has 0 aromatic carbocycles. The summed E-state index contributed by atoms with van der Waals surface area (Å²) in [5.41, 5.74) is -0.848. The third-order valence-electron chi connectivity index (χ3n) is 4.67. The summed E-state index contributed by atoms with van der Waals surface area (Å²) < 4.78 is 0. The standard InChI is InChI=1S/C19H38B2N4O4/c1-18(2,3)13-25(17(29)10-21)12-15(27)23-7-8-24(16(28)9-20)11-14(26)19(4,5)22-6/h22H,7-13,20-21H2,1-6H3,(H,23,27). The second-order valence-corrected chi connectivity index (χ2v) is 8.98. The van der Waals surface area contributed by atoms with Crippen LogP contribution in [0, 0.1) is 5.41 Å². The second-order valence-electron chi connectivity index (χ2n) is 8.98. The van der Waals surface area contributed by atoms with Gasteiger partial charge in [-0.1, -0.05) is 20.8 Å². The van der Waals surface area contributed by atoms with Crippen LogP contribution >= 0.6 is 0 Å². The zero-order chi connectivity index (χ0) is 22.8. The van der Waals surface area contributed by atoms with Gasteiger partial charge in [-0.25, -0.2) is 0 Å². The number of carbonyl (C=O) groups is 4. The lowest BCUT2D eigenvalue weighted by atomic mass is 9.95. The SMILES string of the molecule is BCC(=O)N(CCNC(=O)CN(CC(C)(C)C)C(=O)CB)CC(=O)C(C)(C)NC. The van der Waals surface area contributed by atoms with E-state index < -0.39 is 5.54 Å². The van der Waals surface area contributed by atoms with Crippen molar-refractivity contribution in [2.24, 2.45) is 5.41 Å². The predicted octanol–water partition coefficient (Wildman–Crippen LogP) is -1.52. The molecule has 0 aromatic rings. The normalized spacial score (nSPS) is 11.7. The summed E-state index contributed by atoms with van der Waals surface area (Å²) in [6.07, 6.45) is 0.622. The van der Waals surface area contributed by atoms with Crippen LogP contribution in [0.25, 0.3) is 0 Å². The molecule has 0 bridgehead atoms. The van der Waals surface area contributed by atoms with E-state index in [-0.39, 0.29) is 61.4 Å². The lowest BCUT2D eigenvalue weighted by Crippen LogP contribution is -2.51. The van der Waals surface area contributed by atoms with E-state index in [4.69, 9.17) is 0 Å². The van der Waals surface area contributed by atoms with Crippen molar-refractivity contribution in [2.75, 3.05) is 39.8 Å². The average Bonchev–Trinajstić information content (AvgIpc) is 2.63. The molecule has 0 rings (SSSR count). The molecule has 2 N–H and O–H groups in total. The Labute approximate surface area is 177 Å². The Kier molecular flexibility index (Phi) is 11.2. The Balaban J connectivity index is 4.82. The third-order valence-corrected chi connectivity index (χ3v) is 4.67. The van der Waals surface area contributed by atoms with Gasteiger partial charge in [0.05, 0.1) is 18.6 Å². The molecular weight excluding hydrogens is 370 g/mol. The molecule has 164 valence electrons. The topological polar surface area (TPSA) is 98.8 Å². The minimum atomic E-state index is -0.733. The lowest BCUT2D eigenvalue weighted by Gasteiger charge is -2.30. The van der Waals surface area contributed by atoms with Gasteiger partial charge < -0.3 is 20.4 Å². The summed E-state index contributed by atoms with van der Waals surface area (Å²) in [5, 5.41) is 5.70. The number of nitrogens with zero attached hydrogens (tertiary/aromatic N) is 2. The molecule has 0 spiro atoms. The summed E-state index contributed by atoms with van der Waals surface area (Å²) in [6, 6.07) is 0. The number of likely N-dealkylation sites (N-methyl/N-ethyl adjacent to an activating group) is 1. The van der Waals surface area contributed by atoms with Crippen LogP contribution in [0.3, 0.4) is 0 Å². The lowest BCUT2D eigenvalue weighted by molar-refractivity contribution is -0.136. The molecule has 0 heterocycles. The van der Waals surface area contributed by atoms with Crippen LogP contribution in [0.1, 0.15) is 34.6 Å². The number of rotatable bonds is 12. The van der Waals surface area contributed by atoms with Crippen molar-refractivity contribution < 1.29 is 19.2 Å². The van der Waals surface area contributed by atoms with Gasteiger partial charge in [-0.3, -0.25) is 19.2 Å². The molecular formula is C19H38B2N4O4. The largest absolute Gasteiger partial charge is 0.353 e. The van der Waals surface area contributed by atoms with Crippen molar-refractivity contribution in [3.05, 3.63) is 0 Å². The molecule has 0 saturated heterocycles. The van der Waals surface area contributed by atoms with Gasteiger partial charge in [-0.15, -0.1) is 0 Å². The van der Waals surface area contributed by atoms with Gasteiger partial charge >= 0.3 is 0 Å². The predicted molar refractivity (Wildman–Crippen MR) is 120 cm³/mol. The summed E-state index contributed by atoms with van der Waals surface area (Å²) in [6.45, 7) is 10.5. The highest BCUT2D eigenvalue weighted by Gasteiger charge is 2.28. The van der Waals surface area contributed by atoms with Crippen LogP contribution in [0.2, 0.25) is 12.6 Å². The molecule has 0 atom stereocenters. The van der Waals surface area contributed by atoms with Gasteiger partial charge in [0.15, 0.2) is 5.78 Å². The molecule has 3 amide bonds. The van der Waals surface area contributed by atoms with Crippen molar-refractivity contribution in [3.63, 3.8) is 0 Å². The second kappa shape index (κ2) is 12.0. The number of Topliss-reactive ketones (excluding diaryl/α,β-unsaturated/α-hetero) is 1. The third kappa shape index (κ3) is 10.5. The van der Waals surface area contributed by atoms with Crippen molar-refractivity contribution in [2.45, 2.75) is 52.8 Å². The van der Waals surface area contributed by atoms with Gasteiger partial charge in [-0.2, -0.15) is 0 Å². The Morgan fingerprint density at radius 2 is 1.38 bits per heavy atom. The van der Waals surface area contributed by atoms with Crippen LogP contribution in [0.4, 0.5) is 0 Å². The first-order chi connectivity index (χ1) is 13.3. The van der Waals surface area contributed by atoms with Crippen LogP contribution in [-0.2, 0) is 19.2 Å². The number of amides is 3. The van der Waals surface area contributed by atoms with Gasteiger partial charge in [-0.05, 0) is 39.0 Å². The fourth-order valence-electron chi connectivity index (χ4n) is 2.61. The highest BCUT2D eigenvalue weighted by Crippen LogP contribution is 2.15. The summed E-state index contributed by atoms with van der Waals surface area (Å²) in [7, 11) is 5.21. The van der Waals surface area contributed by atoms with Crippen LogP contribution in [0.15, 0.2) is 0 Å². The number of ketones is 1. The fourth-order valence-corrected chi connectivity index (χ4v) is 2.61. The molecule has 0 fully saturated rings. The Morgan fingerprint density at radius 1 is 0.862 bits per heavy atom. The number of hydrogen-bond acceptors (Lipinski definition) is 5.